The normalized spacial score (nSPS) is 9.50. The van der Waals surface area contributed by atoms with E-state index in [4.69, 9.17) is 10.2 Å². The quantitative estimate of drug-likeness (QED) is 0.421. The van der Waals surface area contributed by atoms with Crippen LogP contribution in [0.1, 0.15) is 0 Å². The predicted octanol–water partition coefficient (Wildman–Crippen LogP) is 1.69. The smallest absolute Gasteiger partial charge is 0.108 e. The first-order valence-electron chi connectivity index (χ1n) is 2.07. The summed E-state index contributed by atoms with van der Waals surface area (Å²) in [5.74, 6) is -0.194. The van der Waals surface area contributed by atoms with Crippen molar-refractivity contribution in [1.29, 1.82) is 0 Å². The molecular formula is C6H8O2. The molecule has 8 heavy (non-hydrogen) atoms. The number of aliphatic hydroxyl groups excluding tert-OH is 2. The molecule has 0 aliphatic carbocycles. The average molecular weight is 112 g/mol. The minimum atomic E-state index is -0.0970. The van der Waals surface area contributed by atoms with E-state index >= 15 is 0 Å². The number of allylic oxidation sites excluding steroid dienone is 2. The first-order chi connectivity index (χ1) is 3.63. The third-order valence-electron chi connectivity index (χ3n) is 0.468. The van der Waals surface area contributed by atoms with Gasteiger partial charge in [0.25, 0.3) is 0 Å². The second kappa shape index (κ2) is 2.91. The van der Waals surface area contributed by atoms with E-state index in [2.05, 4.69) is 13.2 Å². The molecule has 0 atom stereocenters. The molecule has 0 radical (unpaired) electrons. The van der Waals surface area contributed by atoms with Crippen LogP contribution >= 0.6 is 0 Å². The SMILES string of the molecule is C=C(O)/C=C\C(=C)O. The Bertz CT molecular complexity index is 117. The van der Waals surface area contributed by atoms with Gasteiger partial charge in [0.1, 0.15) is 11.5 Å². The largest absolute Gasteiger partial charge is 0.509 e. The highest BCUT2D eigenvalue weighted by Crippen LogP contribution is 1.89. The van der Waals surface area contributed by atoms with E-state index in [1.807, 2.05) is 0 Å². The molecule has 0 amide bonds. The number of aliphatic hydroxyl groups is 2. The van der Waals surface area contributed by atoms with E-state index in [0.29, 0.717) is 0 Å². The third-order valence-corrected chi connectivity index (χ3v) is 0.468. The molecule has 0 rings (SSSR count). The van der Waals surface area contributed by atoms with Gasteiger partial charge in [-0.1, -0.05) is 13.2 Å². The van der Waals surface area contributed by atoms with Gasteiger partial charge in [0.05, 0.1) is 0 Å². The fourth-order valence-corrected chi connectivity index (χ4v) is 0.192. The Morgan fingerprint density at radius 2 is 1.25 bits per heavy atom. The second-order valence-electron chi connectivity index (χ2n) is 1.32. The Balaban J connectivity index is 3.67. The number of hydrogen-bond donors (Lipinski definition) is 2. The Hall–Kier alpha value is -1.18. The molecule has 0 bridgehead atoms. The van der Waals surface area contributed by atoms with Crippen LogP contribution in [-0.4, -0.2) is 10.2 Å². The van der Waals surface area contributed by atoms with Crippen LogP contribution in [0.5, 0.6) is 0 Å². The van der Waals surface area contributed by atoms with Crippen LogP contribution in [0.15, 0.2) is 36.8 Å². The van der Waals surface area contributed by atoms with Gasteiger partial charge in [0, 0.05) is 0 Å². The molecule has 0 saturated heterocycles. The molecule has 0 fully saturated rings. The Morgan fingerprint density at radius 1 is 1.00 bits per heavy atom. The van der Waals surface area contributed by atoms with E-state index in [1.54, 1.807) is 0 Å². The summed E-state index contributed by atoms with van der Waals surface area (Å²) < 4.78 is 0. The highest BCUT2D eigenvalue weighted by Gasteiger charge is 1.76. The topological polar surface area (TPSA) is 40.5 Å². The number of rotatable bonds is 2. The van der Waals surface area contributed by atoms with E-state index in [0.717, 1.165) is 0 Å². The first-order valence-corrected chi connectivity index (χ1v) is 2.07. The van der Waals surface area contributed by atoms with Crippen LogP contribution in [0.3, 0.4) is 0 Å². The minimum absolute atomic E-state index is 0.0970. The summed E-state index contributed by atoms with van der Waals surface area (Å²) in [6.07, 6.45) is 2.50. The Morgan fingerprint density at radius 3 is 1.38 bits per heavy atom. The van der Waals surface area contributed by atoms with Crippen molar-refractivity contribution in [3.05, 3.63) is 36.8 Å². The maximum absolute atomic E-state index is 8.37. The Labute approximate surface area is 48.1 Å². The monoisotopic (exact) mass is 112 g/mol. The molecule has 0 aliphatic rings. The van der Waals surface area contributed by atoms with Crippen LogP contribution in [0.25, 0.3) is 0 Å². The van der Waals surface area contributed by atoms with E-state index < -0.39 is 0 Å². The molecule has 0 aromatic heterocycles. The molecule has 0 heterocycles. The summed E-state index contributed by atoms with van der Waals surface area (Å²) in [5.41, 5.74) is 0. The van der Waals surface area contributed by atoms with Crippen molar-refractivity contribution in [2.24, 2.45) is 0 Å². The van der Waals surface area contributed by atoms with Crippen LogP contribution in [-0.2, 0) is 0 Å². The minimum Gasteiger partial charge on any atom is -0.509 e. The highest BCUT2D eigenvalue weighted by atomic mass is 16.3. The van der Waals surface area contributed by atoms with Crippen LogP contribution in [0.4, 0.5) is 0 Å². The van der Waals surface area contributed by atoms with Gasteiger partial charge in [-0.3, -0.25) is 0 Å². The average Bonchev–Trinajstić information content (AvgIpc) is 1.61. The lowest BCUT2D eigenvalue weighted by Crippen LogP contribution is -1.70. The lowest BCUT2D eigenvalue weighted by atomic mass is 10.4. The molecule has 44 valence electrons. The van der Waals surface area contributed by atoms with Crippen molar-refractivity contribution in [2.45, 2.75) is 0 Å². The number of hydrogen-bond acceptors (Lipinski definition) is 2. The zero-order valence-electron chi connectivity index (χ0n) is 4.46. The zero-order chi connectivity index (χ0) is 6.57. The highest BCUT2D eigenvalue weighted by molar-refractivity contribution is 5.14. The molecule has 0 unspecified atom stereocenters. The zero-order valence-corrected chi connectivity index (χ0v) is 4.46. The van der Waals surface area contributed by atoms with E-state index in [1.165, 1.54) is 12.2 Å². The van der Waals surface area contributed by atoms with Gasteiger partial charge in [0.2, 0.25) is 0 Å². The molecule has 0 aromatic rings. The lowest BCUT2D eigenvalue weighted by Gasteiger charge is -1.83. The van der Waals surface area contributed by atoms with Crippen molar-refractivity contribution >= 4 is 0 Å². The lowest BCUT2D eigenvalue weighted by molar-refractivity contribution is 0.425. The molecule has 2 N–H and O–H groups in total. The fraction of sp³-hybridized carbons (Fsp3) is 0. The summed E-state index contributed by atoms with van der Waals surface area (Å²) in [5, 5.41) is 16.7. The van der Waals surface area contributed by atoms with Crippen molar-refractivity contribution in [3.8, 4) is 0 Å². The van der Waals surface area contributed by atoms with E-state index in [-0.39, 0.29) is 11.5 Å². The summed E-state index contributed by atoms with van der Waals surface area (Å²) in [4.78, 5) is 0. The first kappa shape index (κ1) is 6.82. The summed E-state index contributed by atoms with van der Waals surface area (Å²) in [7, 11) is 0. The second-order valence-corrected chi connectivity index (χ2v) is 1.32. The van der Waals surface area contributed by atoms with Crippen LogP contribution in [0.2, 0.25) is 0 Å². The van der Waals surface area contributed by atoms with Gasteiger partial charge in [-0.05, 0) is 12.2 Å². The van der Waals surface area contributed by atoms with Gasteiger partial charge in [-0.15, -0.1) is 0 Å². The molecular weight excluding hydrogens is 104 g/mol. The fourth-order valence-electron chi connectivity index (χ4n) is 0.192. The van der Waals surface area contributed by atoms with Crippen molar-refractivity contribution in [3.63, 3.8) is 0 Å². The molecule has 0 saturated carbocycles. The van der Waals surface area contributed by atoms with Crippen LogP contribution < -0.4 is 0 Å². The summed E-state index contributed by atoms with van der Waals surface area (Å²) in [6, 6.07) is 0. The maximum atomic E-state index is 8.37. The molecule has 0 aliphatic heterocycles. The van der Waals surface area contributed by atoms with Crippen LogP contribution in [0, 0.1) is 0 Å². The molecule has 0 aromatic carbocycles. The van der Waals surface area contributed by atoms with Crippen molar-refractivity contribution in [1.82, 2.24) is 0 Å². The standard InChI is InChI=1S/C6H8O2/c1-5(7)3-4-6(2)8/h3-4,7-8H,1-2H2/b4-3-. The maximum Gasteiger partial charge on any atom is 0.108 e. The van der Waals surface area contributed by atoms with Gasteiger partial charge in [0.15, 0.2) is 0 Å². The van der Waals surface area contributed by atoms with Gasteiger partial charge < -0.3 is 10.2 Å². The van der Waals surface area contributed by atoms with Gasteiger partial charge in [-0.2, -0.15) is 0 Å². The van der Waals surface area contributed by atoms with E-state index in [9.17, 15) is 0 Å². The predicted molar refractivity (Wildman–Crippen MR) is 32.7 cm³/mol. The summed E-state index contributed by atoms with van der Waals surface area (Å²) >= 11 is 0. The third kappa shape index (κ3) is 4.82. The Kier molecular flexibility index (Phi) is 2.48. The van der Waals surface area contributed by atoms with Gasteiger partial charge >= 0.3 is 0 Å². The summed E-state index contributed by atoms with van der Waals surface area (Å²) in [6.45, 7) is 6.29. The van der Waals surface area contributed by atoms with Crippen molar-refractivity contribution < 1.29 is 10.2 Å². The van der Waals surface area contributed by atoms with Crippen molar-refractivity contribution in [2.75, 3.05) is 0 Å². The molecule has 2 nitrogen and oxygen atoms in total. The molecule has 2 heteroatoms. The molecule has 0 spiro atoms. The van der Waals surface area contributed by atoms with Gasteiger partial charge in [-0.25, -0.2) is 0 Å².